The van der Waals surface area contributed by atoms with Crippen LogP contribution in [0.15, 0.2) is 53.3 Å². The average molecular weight is 418 g/mol. The number of carbonyl (C=O) groups is 1. The van der Waals surface area contributed by atoms with Crippen LogP contribution in [0.5, 0.6) is 5.75 Å². The van der Waals surface area contributed by atoms with E-state index in [1.54, 1.807) is 4.90 Å². The van der Waals surface area contributed by atoms with E-state index in [1.165, 1.54) is 15.9 Å². The van der Waals surface area contributed by atoms with Crippen molar-refractivity contribution in [3.63, 3.8) is 0 Å². The number of fused-ring (bicyclic) bond motifs is 2. The molecule has 5 rings (SSSR count). The minimum atomic E-state index is -0.323. The molecule has 150 valence electrons. The van der Waals surface area contributed by atoms with E-state index in [-0.39, 0.29) is 11.5 Å². The normalized spacial score (nSPS) is 15.1. The number of aromatic nitrogens is 3. The van der Waals surface area contributed by atoms with Crippen LogP contribution in [0.25, 0.3) is 21.9 Å². The molecule has 0 spiro atoms. The smallest absolute Gasteiger partial charge is 0.291 e. The number of rotatable bonds is 4. The fraction of sp³-hybridized carbons (Fsp3) is 0.182. The van der Waals surface area contributed by atoms with Gasteiger partial charge in [-0.2, -0.15) is 9.50 Å². The second-order valence-corrected chi connectivity index (χ2v) is 7.74. The predicted octanol–water partition coefficient (Wildman–Crippen LogP) is 2.50. The van der Waals surface area contributed by atoms with Crippen molar-refractivity contribution in [2.24, 2.45) is 0 Å². The van der Waals surface area contributed by atoms with Crippen molar-refractivity contribution in [2.75, 3.05) is 18.1 Å². The lowest BCUT2D eigenvalue weighted by Crippen LogP contribution is -2.32. The Morgan fingerprint density at radius 3 is 2.50 bits per heavy atom. The number of thiazole rings is 1. The van der Waals surface area contributed by atoms with E-state index in [4.69, 9.17) is 4.74 Å². The summed E-state index contributed by atoms with van der Waals surface area (Å²) in [7, 11) is 0. The van der Waals surface area contributed by atoms with Gasteiger partial charge in [0.2, 0.25) is 4.96 Å². The van der Waals surface area contributed by atoms with Gasteiger partial charge in [-0.05, 0) is 44.2 Å². The van der Waals surface area contributed by atoms with E-state index >= 15 is 0 Å². The third kappa shape index (κ3) is 2.72. The molecule has 3 heterocycles. The summed E-state index contributed by atoms with van der Waals surface area (Å²) in [4.78, 5) is 32.8. The quantitative estimate of drug-likeness (QED) is 0.509. The van der Waals surface area contributed by atoms with E-state index in [0.717, 1.165) is 22.6 Å². The summed E-state index contributed by atoms with van der Waals surface area (Å²) in [6.07, 6.45) is 0. The molecule has 0 unspecified atom stereocenters. The van der Waals surface area contributed by atoms with Crippen LogP contribution in [0.2, 0.25) is 0 Å². The van der Waals surface area contributed by atoms with Crippen molar-refractivity contribution in [1.82, 2.24) is 14.6 Å². The maximum Gasteiger partial charge on any atom is 0.291 e. The van der Waals surface area contributed by atoms with Gasteiger partial charge in [-0.3, -0.25) is 9.59 Å². The number of ether oxygens (including phenoxy) is 1. The van der Waals surface area contributed by atoms with Crippen LogP contribution in [0, 0.1) is 0 Å². The maximum absolute atomic E-state index is 13.1. The molecular formula is C22H18N4O3S. The van der Waals surface area contributed by atoms with Gasteiger partial charge in [0.1, 0.15) is 10.3 Å². The van der Waals surface area contributed by atoms with Gasteiger partial charge in [-0.25, -0.2) is 0 Å². The van der Waals surface area contributed by atoms with Crippen LogP contribution in [0.1, 0.15) is 19.4 Å². The van der Waals surface area contributed by atoms with Crippen LogP contribution in [0.3, 0.4) is 0 Å². The molecule has 30 heavy (non-hydrogen) atoms. The van der Waals surface area contributed by atoms with E-state index in [9.17, 15) is 9.59 Å². The highest BCUT2D eigenvalue weighted by Gasteiger charge is 2.33. The highest BCUT2D eigenvalue weighted by atomic mass is 32.1. The molecule has 0 saturated heterocycles. The number of para-hydroxylation sites is 1. The molecule has 2 aromatic carbocycles. The molecule has 7 nitrogen and oxygen atoms in total. The predicted molar refractivity (Wildman–Crippen MR) is 116 cm³/mol. The second-order valence-electron chi connectivity index (χ2n) is 6.77. The van der Waals surface area contributed by atoms with E-state index < -0.39 is 0 Å². The molecule has 0 atom stereocenters. The zero-order valence-electron chi connectivity index (χ0n) is 16.5. The van der Waals surface area contributed by atoms with Gasteiger partial charge in [0.15, 0.2) is 5.82 Å². The number of hydrogen-bond donors (Lipinski definition) is 0. The largest absolute Gasteiger partial charge is 0.494 e. The summed E-state index contributed by atoms with van der Waals surface area (Å²) in [5, 5.41) is 4.39. The average Bonchev–Trinajstić information content (AvgIpc) is 3.39. The topological polar surface area (TPSA) is 76.8 Å². The first-order chi connectivity index (χ1) is 14.6. The van der Waals surface area contributed by atoms with Gasteiger partial charge in [0, 0.05) is 17.7 Å². The zero-order chi connectivity index (χ0) is 20.8. The van der Waals surface area contributed by atoms with E-state index in [1.807, 2.05) is 62.4 Å². The SMILES string of the molecule is CCOc1ccc(-c2nc3s/c(=C4\C(=O)N(CC)c5ccccc54)c(=O)n3n2)cc1. The Kier molecular flexibility index (Phi) is 4.36. The number of benzene rings is 2. The molecule has 0 fully saturated rings. The summed E-state index contributed by atoms with van der Waals surface area (Å²) < 4.78 is 7.11. The van der Waals surface area contributed by atoms with Gasteiger partial charge in [0.25, 0.3) is 11.5 Å². The lowest BCUT2D eigenvalue weighted by atomic mass is 10.1. The monoisotopic (exact) mass is 418 g/mol. The molecule has 1 aliphatic rings. The van der Waals surface area contributed by atoms with Gasteiger partial charge in [-0.1, -0.05) is 29.5 Å². The number of nitrogens with zero attached hydrogens (tertiary/aromatic N) is 4. The number of carbonyl (C=O) groups excluding carboxylic acids is 1. The first-order valence-electron chi connectivity index (χ1n) is 9.70. The van der Waals surface area contributed by atoms with E-state index in [2.05, 4.69) is 10.1 Å². The summed E-state index contributed by atoms with van der Waals surface area (Å²) in [5.41, 5.74) is 2.50. The van der Waals surface area contributed by atoms with E-state index in [0.29, 0.717) is 34.0 Å². The molecule has 0 radical (unpaired) electrons. The fourth-order valence-electron chi connectivity index (χ4n) is 3.69. The third-order valence-corrected chi connectivity index (χ3v) is 6.08. The minimum absolute atomic E-state index is 0.160. The summed E-state index contributed by atoms with van der Waals surface area (Å²) in [6.45, 7) is 4.98. The van der Waals surface area contributed by atoms with Gasteiger partial charge < -0.3 is 9.64 Å². The molecule has 1 amide bonds. The van der Waals surface area contributed by atoms with Crippen molar-refractivity contribution in [1.29, 1.82) is 0 Å². The van der Waals surface area contributed by atoms with Crippen LogP contribution < -0.4 is 19.7 Å². The van der Waals surface area contributed by atoms with Crippen molar-refractivity contribution < 1.29 is 9.53 Å². The lowest BCUT2D eigenvalue weighted by molar-refractivity contribution is -0.113. The third-order valence-electron chi connectivity index (χ3n) is 5.05. The minimum Gasteiger partial charge on any atom is -0.494 e. The fourth-order valence-corrected chi connectivity index (χ4v) is 4.69. The van der Waals surface area contributed by atoms with Gasteiger partial charge >= 0.3 is 0 Å². The first-order valence-corrected chi connectivity index (χ1v) is 10.5. The van der Waals surface area contributed by atoms with Crippen molar-refractivity contribution in [3.05, 3.63) is 69.0 Å². The number of hydrogen-bond acceptors (Lipinski definition) is 6. The highest BCUT2D eigenvalue weighted by Crippen LogP contribution is 2.34. The Labute approximate surface area is 175 Å². The zero-order valence-corrected chi connectivity index (χ0v) is 17.3. The Bertz CT molecular complexity index is 1390. The molecule has 4 aromatic rings. The molecule has 0 N–H and O–H groups in total. The van der Waals surface area contributed by atoms with Crippen molar-refractivity contribution >= 4 is 33.5 Å². The van der Waals surface area contributed by atoms with Crippen LogP contribution in [-0.2, 0) is 4.79 Å². The van der Waals surface area contributed by atoms with Crippen LogP contribution >= 0.6 is 11.3 Å². The summed E-state index contributed by atoms with van der Waals surface area (Å²) >= 11 is 1.20. The number of amides is 1. The van der Waals surface area contributed by atoms with Crippen LogP contribution in [-0.4, -0.2) is 33.7 Å². The van der Waals surface area contributed by atoms with Crippen molar-refractivity contribution in [3.8, 4) is 17.1 Å². The Balaban J connectivity index is 1.65. The van der Waals surface area contributed by atoms with Crippen molar-refractivity contribution in [2.45, 2.75) is 13.8 Å². The first kappa shape index (κ1) is 18.5. The molecule has 0 saturated carbocycles. The highest BCUT2D eigenvalue weighted by molar-refractivity contribution is 7.15. The van der Waals surface area contributed by atoms with Crippen LogP contribution in [0.4, 0.5) is 5.69 Å². The Morgan fingerprint density at radius 2 is 1.80 bits per heavy atom. The standard InChI is InChI=1S/C22H18N4O3S/c1-3-25-16-8-6-5-7-15(16)17(20(25)27)18-21(28)26-22(30-18)23-19(24-26)13-9-11-14(12-10-13)29-4-2/h5-12H,3-4H2,1-2H3/b18-17-. The molecule has 0 aliphatic carbocycles. The second kappa shape index (κ2) is 7.07. The molecule has 1 aliphatic heterocycles. The van der Waals surface area contributed by atoms with Gasteiger partial charge in [0.05, 0.1) is 17.9 Å². The summed E-state index contributed by atoms with van der Waals surface area (Å²) in [5.74, 6) is 1.07. The molecular weight excluding hydrogens is 400 g/mol. The Morgan fingerprint density at radius 1 is 1.03 bits per heavy atom. The number of anilines is 1. The molecule has 2 aromatic heterocycles. The lowest BCUT2D eigenvalue weighted by Gasteiger charge is -2.13. The summed E-state index contributed by atoms with van der Waals surface area (Å²) in [6, 6.07) is 15.0. The molecule has 8 heteroatoms. The maximum atomic E-state index is 13.1. The van der Waals surface area contributed by atoms with Gasteiger partial charge in [-0.15, -0.1) is 5.10 Å². The molecule has 0 bridgehead atoms. The number of likely N-dealkylation sites (N-methyl/N-ethyl adjacent to an activating group) is 1. The Hall–Kier alpha value is -3.52.